The average Bonchev–Trinajstić information content (AvgIpc) is 2.42. The highest BCUT2D eigenvalue weighted by Crippen LogP contribution is 2.13. The van der Waals surface area contributed by atoms with Crippen LogP contribution in [0.3, 0.4) is 0 Å². The van der Waals surface area contributed by atoms with E-state index in [-0.39, 0.29) is 12.7 Å². The van der Waals surface area contributed by atoms with E-state index in [0.717, 1.165) is 25.9 Å². The van der Waals surface area contributed by atoms with E-state index in [4.69, 9.17) is 9.84 Å². The minimum absolute atomic E-state index is 0.0140. The van der Waals surface area contributed by atoms with Crippen LogP contribution in [0, 0.1) is 5.92 Å². The van der Waals surface area contributed by atoms with Crippen LogP contribution in [0.5, 0.6) is 6.01 Å². The first kappa shape index (κ1) is 17.4. The normalized spacial score (nSPS) is 12.3. The van der Waals surface area contributed by atoms with E-state index in [2.05, 4.69) is 25.6 Å². The molecule has 0 aromatic carbocycles. The van der Waals surface area contributed by atoms with Crippen molar-refractivity contribution in [3.8, 4) is 6.01 Å². The molecule has 7 heteroatoms. The summed E-state index contributed by atoms with van der Waals surface area (Å²) in [6, 6.07) is 0.321. The van der Waals surface area contributed by atoms with E-state index in [1.807, 2.05) is 27.7 Å². The van der Waals surface area contributed by atoms with Gasteiger partial charge >= 0.3 is 6.01 Å². The molecule has 1 heterocycles. The Kier molecular flexibility index (Phi) is 7.74. The van der Waals surface area contributed by atoms with E-state index in [0.29, 0.717) is 23.8 Å². The number of aromatic nitrogens is 3. The number of hydrogen-bond donors (Lipinski definition) is 3. The monoisotopic (exact) mass is 297 g/mol. The van der Waals surface area contributed by atoms with Crippen LogP contribution in [0.1, 0.15) is 40.5 Å². The molecule has 0 aliphatic heterocycles. The number of rotatable bonds is 10. The van der Waals surface area contributed by atoms with Crippen molar-refractivity contribution in [2.45, 2.75) is 46.6 Å². The van der Waals surface area contributed by atoms with Crippen LogP contribution < -0.4 is 15.4 Å². The molecule has 1 atom stereocenters. The fourth-order valence-corrected chi connectivity index (χ4v) is 1.68. The van der Waals surface area contributed by atoms with Crippen molar-refractivity contribution in [2.24, 2.45) is 5.92 Å². The van der Waals surface area contributed by atoms with Gasteiger partial charge in [-0.1, -0.05) is 6.92 Å². The van der Waals surface area contributed by atoms with Gasteiger partial charge in [0.05, 0.1) is 6.10 Å². The highest BCUT2D eigenvalue weighted by Gasteiger charge is 2.08. The van der Waals surface area contributed by atoms with Gasteiger partial charge < -0.3 is 20.5 Å². The number of ether oxygens (including phenoxy) is 1. The predicted molar refractivity (Wildman–Crippen MR) is 83.7 cm³/mol. The largest absolute Gasteiger partial charge is 0.461 e. The van der Waals surface area contributed by atoms with Crippen molar-refractivity contribution < 1.29 is 9.84 Å². The highest BCUT2D eigenvalue weighted by molar-refractivity contribution is 5.35. The predicted octanol–water partition coefficient (Wildman–Crippen LogP) is 1.91. The maximum Gasteiger partial charge on any atom is 0.323 e. The Morgan fingerprint density at radius 1 is 1.10 bits per heavy atom. The van der Waals surface area contributed by atoms with Gasteiger partial charge in [0.25, 0.3) is 0 Å². The van der Waals surface area contributed by atoms with Crippen LogP contribution in [0.15, 0.2) is 0 Å². The Hall–Kier alpha value is -1.63. The minimum Gasteiger partial charge on any atom is -0.461 e. The number of nitrogens with one attached hydrogen (secondary N) is 2. The third-order valence-corrected chi connectivity index (χ3v) is 2.76. The third kappa shape index (κ3) is 7.08. The van der Waals surface area contributed by atoms with Crippen molar-refractivity contribution >= 4 is 11.9 Å². The molecule has 0 bridgehead atoms. The molecule has 0 saturated carbocycles. The molecule has 120 valence electrons. The Labute approximate surface area is 126 Å². The molecule has 0 aliphatic rings. The summed E-state index contributed by atoms with van der Waals surface area (Å²) < 4.78 is 5.53. The zero-order chi connectivity index (χ0) is 15.7. The summed E-state index contributed by atoms with van der Waals surface area (Å²) in [6.45, 7) is 9.58. The van der Waals surface area contributed by atoms with Crippen LogP contribution in [0.4, 0.5) is 11.9 Å². The minimum atomic E-state index is 0.0140. The maximum atomic E-state index is 8.99. The number of nitrogens with zero attached hydrogens (tertiary/aromatic N) is 3. The zero-order valence-electron chi connectivity index (χ0n) is 13.4. The lowest BCUT2D eigenvalue weighted by atomic mass is 10.1. The molecule has 1 aromatic heterocycles. The lowest BCUT2D eigenvalue weighted by Crippen LogP contribution is -2.14. The molecule has 0 fully saturated rings. The second kappa shape index (κ2) is 9.33. The van der Waals surface area contributed by atoms with Crippen molar-refractivity contribution in [1.29, 1.82) is 0 Å². The lowest BCUT2D eigenvalue weighted by Gasteiger charge is -2.12. The van der Waals surface area contributed by atoms with Gasteiger partial charge in [0.1, 0.15) is 0 Å². The second-order valence-electron chi connectivity index (χ2n) is 5.32. The maximum absolute atomic E-state index is 8.99. The molecule has 0 spiro atoms. The van der Waals surface area contributed by atoms with Gasteiger partial charge in [-0.3, -0.25) is 0 Å². The SMILES string of the molecule is CCNc1nc(NCCCC(C)CO)nc(OC(C)C)n1. The van der Waals surface area contributed by atoms with E-state index in [1.54, 1.807) is 0 Å². The fourth-order valence-electron chi connectivity index (χ4n) is 1.68. The smallest absolute Gasteiger partial charge is 0.323 e. The van der Waals surface area contributed by atoms with Crippen LogP contribution in [0.2, 0.25) is 0 Å². The Morgan fingerprint density at radius 2 is 1.76 bits per heavy atom. The Morgan fingerprint density at radius 3 is 2.33 bits per heavy atom. The first-order valence-electron chi connectivity index (χ1n) is 7.56. The molecule has 0 saturated heterocycles. The van der Waals surface area contributed by atoms with Gasteiger partial charge in [0, 0.05) is 19.7 Å². The molecule has 0 radical (unpaired) electrons. The highest BCUT2D eigenvalue weighted by atomic mass is 16.5. The van der Waals surface area contributed by atoms with Gasteiger partial charge in [0.15, 0.2) is 0 Å². The van der Waals surface area contributed by atoms with Gasteiger partial charge in [-0.2, -0.15) is 15.0 Å². The second-order valence-corrected chi connectivity index (χ2v) is 5.32. The Bertz CT molecular complexity index is 414. The standard InChI is InChI=1S/C14H27N5O2/c1-5-15-12-17-13(16-8-6-7-11(4)9-20)19-14(18-12)21-10(2)3/h10-11,20H,5-9H2,1-4H3,(H2,15,16,17,18,19). The van der Waals surface area contributed by atoms with Gasteiger partial charge in [-0.25, -0.2) is 0 Å². The number of aliphatic hydroxyl groups is 1. The summed E-state index contributed by atoms with van der Waals surface area (Å²) in [4.78, 5) is 12.7. The van der Waals surface area contributed by atoms with Crippen molar-refractivity contribution in [1.82, 2.24) is 15.0 Å². The molecule has 7 nitrogen and oxygen atoms in total. The van der Waals surface area contributed by atoms with Gasteiger partial charge in [-0.05, 0) is 39.5 Å². The molecule has 1 aromatic rings. The number of anilines is 2. The first-order chi connectivity index (χ1) is 10.0. The van der Waals surface area contributed by atoms with Crippen LogP contribution in [0.25, 0.3) is 0 Å². The summed E-state index contributed by atoms with van der Waals surface area (Å²) in [5.41, 5.74) is 0. The molecular formula is C14H27N5O2. The van der Waals surface area contributed by atoms with Crippen molar-refractivity contribution in [2.75, 3.05) is 30.3 Å². The fraction of sp³-hybridized carbons (Fsp3) is 0.786. The van der Waals surface area contributed by atoms with E-state index in [9.17, 15) is 0 Å². The average molecular weight is 297 g/mol. The Balaban J connectivity index is 2.60. The molecule has 0 aliphatic carbocycles. The lowest BCUT2D eigenvalue weighted by molar-refractivity contribution is 0.222. The number of aliphatic hydroxyl groups excluding tert-OH is 1. The van der Waals surface area contributed by atoms with Crippen LogP contribution >= 0.6 is 0 Å². The third-order valence-electron chi connectivity index (χ3n) is 2.76. The summed E-state index contributed by atoms with van der Waals surface area (Å²) in [7, 11) is 0. The van der Waals surface area contributed by atoms with Crippen molar-refractivity contribution in [3.05, 3.63) is 0 Å². The number of hydrogen-bond acceptors (Lipinski definition) is 7. The van der Waals surface area contributed by atoms with Gasteiger partial charge in [0.2, 0.25) is 11.9 Å². The molecular weight excluding hydrogens is 270 g/mol. The van der Waals surface area contributed by atoms with Gasteiger partial charge in [-0.15, -0.1) is 0 Å². The van der Waals surface area contributed by atoms with Crippen molar-refractivity contribution in [3.63, 3.8) is 0 Å². The van der Waals surface area contributed by atoms with E-state index in [1.165, 1.54) is 0 Å². The van der Waals surface area contributed by atoms with E-state index < -0.39 is 0 Å². The summed E-state index contributed by atoms with van der Waals surface area (Å²) in [6.07, 6.45) is 1.93. The molecule has 3 N–H and O–H groups in total. The summed E-state index contributed by atoms with van der Waals surface area (Å²) >= 11 is 0. The topological polar surface area (TPSA) is 92.2 Å². The zero-order valence-corrected chi connectivity index (χ0v) is 13.4. The van der Waals surface area contributed by atoms with E-state index >= 15 is 0 Å². The molecule has 1 unspecified atom stereocenters. The molecule has 1 rings (SSSR count). The molecule has 21 heavy (non-hydrogen) atoms. The van der Waals surface area contributed by atoms with Crippen LogP contribution in [-0.4, -0.2) is 45.9 Å². The first-order valence-corrected chi connectivity index (χ1v) is 7.56. The summed E-state index contributed by atoms with van der Waals surface area (Å²) in [5.74, 6) is 1.34. The quantitative estimate of drug-likeness (QED) is 0.568. The summed E-state index contributed by atoms with van der Waals surface area (Å²) in [5, 5.41) is 15.2. The van der Waals surface area contributed by atoms with Crippen LogP contribution in [-0.2, 0) is 0 Å². The molecule has 0 amide bonds.